The third kappa shape index (κ3) is 0.733. The van der Waals surface area contributed by atoms with Crippen LogP contribution in [0, 0.1) is 0 Å². The number of rotatable bonds is 0. The monoisotopic (exact) mass is 123 g/mol. The minimum Gasteiger partial charge on any atom is -0.302 e. The Bertz CT molecular complexity index is 181. The zero-order chi connectivity index (χ0) is 6.10. The van der Waals surface area contributed by atoms with Gasteiger partial charge in [-0.05, 0) is 5.32 Å². The molecule has 2 heterocycles. The summed E-state index contributed by atoms with van der Waals surface area (Å²) >= 11 is 0. The van der Waals surface area contributed by atoms with Crippen LogP contribution in [0.4, 0.5) is 0 Å². The minimum absolute atomic E-state index is 0.924. The van der Waals surface area contributed by atoms with Crippen molar-refractivity contribution in [1.29, 1.82) is 0 Å². The van der Waals surface area contributed by atoms with Gasteiger partial charge in [0.05, 0.1) is 0 Å². The molecule has 0 saturated heterocycles. The van der Waals surface area contributed by atoms with Gasteiger partial charge >= 0.3 is 5.84 Å². The molecular formula is C6H9N3+. The molecule has 0 saturated carbocycles. The molecule has 1 N–H and O–H groups in total. The Hall–Kier alpha value is -0.830. The summed E-state index contributed by atoms with van der Waals surface area (Å²) in [5, 5.41) is 7.40. The van der Waals surface area contributed by atoms with Crippen molar-refractivity contribution >= 4 is 5.84 Å². The quantitative estimate of drug-likeness (QED) is 0.415. The van der Waals surface area contributed by atoms with Crippen molar-refractivity contribution in [3.05, 3.63) is 12.4 Å². The van der Waals surface area contributed by atoms with Crippen molar-refractivity contribution < 1.29 is 4.58 Å². The maximum absolute atomic E-state index is 4.16. The Labute approximate surface area is 54.1 Å². The fraction of sp³-hybridized carbons (Fsp3) is 0.500. The molecule has 0 aromatic carbocycles. The van der Waals surface area contributed by atoms with Crippen molar-refractivity contribution in [2.24, 2.45) is 0 Å². The maximum Gasteiger partial charge on any atom is 0.312 e. The molecule has 2 aliphatic heterocycles. The van der Waals surface area contributed by atoms with Gasteiger partial charge in [-0.25, -0.2) is 4.58 Å². The zero-order valence-corrected chi connectivity index (χ0v) is 5.17. The van der Waals surface area contributed by atoms with Crippen LogP contribution in [0.15, 0.2) is 12.4 Å². The lowest BCUT2D eigenvalue weighted by atomic mass is 10.4. The first kappa shape index (κ1) is 4.99. The second-order valence-corrected chi connectivity index (χ2v) is 2.21. The van der Waals surface area contributed by atoms with Crippen molar-refractivity contribution in [3.8, 4) is 0 Å². The number of hydrogen-bond donors (Lipinski definition) is 1. The highest BCUT2D eigenvalue weighted by Gasteiger charge is 2.22. The van der Waals surface area contributed by atoms with Crippen LogP contribution in [0.5, 0.6) is 0 Å². The average Bonchev–Trinajstić information content (AvgIpc) is 2.33. The molecule has 47 valence electrons. The van der Waals surface area contributed by atoms with Gasteiger partial charge in [0.15, 0.2) is 6.20 Å². The largest absolute Gasteiger partial charge is 0.312 e. The third-order valence-electron chi connectivity index (χ3n) is 1.61. The molecule has 3 nitrogen and oxygen atoms in total. The molecule has 0 aliphatic carbocycles. The van der Waals surface area contributed by atoms with Gasteiger partial charge in [-0.3, -0.25) is 0 Å². The normalized spacial score (nSPS) is 24.0. The van der Waals surface area contributed by atoms with Gasteiger partial charge in [-0.1, -0.05) is 0 Å². The standard InChI is InChI=1S/C6H9N3/c1-3-9-4-2-8-6(9)5-7-1/h2,4,7H,1,3,5H2/q+1. The van der Waals surface area contributed by atoms with Gasteiger partial charge in [0.1, 0.15) is 19.3 Å². The van der Waals surface area contributed by atoms with Crippen LogP contribution in [0.2, 0.25) is 0 Å². The van der Waals surface area contributed by atoms with Crippen molar-refractivity contribution in [2.75, 3.05) is 19.6 Å². The van der Waals surface area contributed by atoms with Gasteiger partial charge in [-0.2, -0.15) is 0 Å². The predicted octanol–water partition coefficient (Wildman–Crippen LogP) is -0.910. The molecule has 2 rings (SSSR count). The summed E-state index contributed by atoms with van der Waals surface area (Å²) in [6, 6.07) is 0. The van der Waals surface area contributed by atoms with Crippen LogP contribution in [0.3, 0.4) is 0 Å². The number of nitrogens with one attached hydrogen (secondary N) is 1. The lowest BCUT2D eigenvalue weighted by Gasteiger charge is -2.07. The minimum atomic E-state index is 0.924. The summed E-state index contributed by atoms with van der Waals surface area (Å²) in [7, 11) is 0. The molecule has 0 amide bonds. The lowest BCUT2D eigenvalue weighted by molar-refractivity contribution is -0.457. The predicted molar refractivity (Wildman–Crippen MR) is 34.3 cm³/mol. The van der Waals surface area contributed by atoms with Crippen molar-refractivity contribution in [1.82, 2.24) is 10.6 Å². The van der Waals surface area contributed by atoms with Gasteiger partial charge in [-0.15, -0.1) is 0 Å². The van der Waals surface area contributed by atoms with E-state index in [1.807, 2.05) is 12.4 Å². The molecule has 1 radical (unpaired) electrons. The van der Waals surface area contributed by atoms with E-state index in [2.05, 4.69) is 15.2 Å². The first-order valence-corrected chi connectivity index (χ1v) is 3.17. The Kier molecular flexibility index (Phi) is 1.02. The molecule has 0 bridgehead atoms. The first-order chi connectivity index (χ1) is 4.47. The van der Waals surface area contributed by atoms with Crippen molar-refractivity contribution in [3.63, 3.8) is 0 Å². The van der Waals surface area contributed by atoms with Crippen LogP contribution >= 0.6 is 0 Å². The van der Waals surface area contributed by atoms with Gasteiger partial charge in [0, 0.05) is 6.54 Å². The SMILES string of the molecule is C1=C[N+]2=C(CNCC2)[N]1. The Morgan fingerprint density at radius 3 is 3.56 bits per heavy atom. The van der Waals surface area contributed by atoms with Crippen LogP contribution in [-0.4, -0.2) is 30.0 Å². The number of nitrogens with zero attached hydrogens (tertiary/aromatic N) is 2. The van der Waals surface area contributed by atoms with Crippen LogP contribution in [0.1, 0.15) is 0 Å². The Morgan fingerprint density at radius 1 is 1.67 bits per heavy atom. The van der Waals surface area contributed by atoms with E-state index < -0.39 is 0 Å². The molecule has 0 spiro atoms. The zero-order valence-electron chi connectivity index (χ0n) is 5.17. The molecule has 3 heteroatoms. The average molecular weight is 123 g/mol. The second kappa shape index (κ2) is 1.84. The Morgan fingerprint density at radius 2 is 2.67 bits per heavy atom. The van der Waals surface area contributed by atoms with E-state index in [0.717, 1.165) is 25.5 Å². The highest BCUT2D eigenvalue weighted by Crippen LogP contribution is 1.93. The Balaban J connectivity index is 2.24. The molecular weight excluding hydrogens is 114 g/mol. The summed E-state index contributed by atoms with van der Waals surface area (Å²) in [5.74, 6) is 1.15. The molecule has 0 unspecified atom stereocenters. The summed E-state index contributed by atoms with van der Waals surface area (Å²) in [6.45, 7) is 3.06. The molecule has 0 aromatic rings. The van der Waals surface area contributed by atoms with Gasteiger partial charge < -0.3 is 5.32 Å². The fourth-order valence-electron chi connectivity index (χ4n) is 1.11. The molecule has 0 aromatic heterocycles. The molecule has 0 atom stereocenters. The van der Waals surface area contributed by atoms with Gasteiger partial charge in [0.2, 0.25) is 0 Å². The van der Waals surface area contributed by atoms with Crippen LogP contribution in [-0.2, 0) is 0 Å². The third-order valence-corrected chi connectivity index (χ3v) is 1.61. The van der Waals surface area contributed by atoms with E-state index in [1.54, 1.807) is 0 Å². The van der Waals surface area contributed by atoms with Gasteiger partial charge in [0.25, 0.3) is 0 Å². The highest BCUT2D eigenvalue weighted by molar-refractivity contribution is 5.81. The summed E-state index contributed by atoms with van der Waals surface area (Å²) < 4.78 is 2.18. The summed E-state index contributed by atoms with van der Waals surface area (Å²) in [4.78, 5) is 0. The second-order valence-electron chi connectivity index (χ2n) is 2.21. The van der Waals surface area contributed by atoms with E-state index in [4.69, 9.17) is 0 Å². The summed E-state index contributed by atoms with van der Waals surface area (Å²) in [6.07, 6.45) is 3.87. The highest BCUT2D eigenvalue weighted by atomic mass is 15.2. The molecule has 2 aliphatic rings. The van der Waals surface area contributed by atoms with E-state index in [1.165, 1.54) is 0 Å². The van der Waals surface area contributed by atoms with E-state index >= 15 is 0 Å². The lowest BCUT2D eigenvalue weighted by Crippen LogP contribution is -2.40. The fourth-order valence-corrected chi connectivity index (χ4v) is 1.11. The molecule has 9 heavy (non-hydrogen) atoms. The van der Waals surface area contributed by atoms with E-state index in [-0.39, 0.29) is 0 Å². The smallest absolute Gasteiger partial charge is 0.302 e. The maximum atomic E-state index is 4.16. The van der Waals surface area contributed by atoms with Crippen LogP contribution < -0.4 is 10.6 Å². The number of hydrogen-bond acceptors (Lipinski definition) is 1. The number of amidine groups is 1. The summed E-state index contributed by atoms with van der Waals surface area (Å²) in [5.41, 5.74) is 0. The molecule has 0 fully saturated rings. The van der Waals surface area contributed by atoms with E-state index in [0.29, 0.717) is 0 Å². The van der Waals surface area contributed by atoms with Crippen LogP contribution in [0.25, 0.3) is 0 Å². The van der Waals surface area contributed by atoms with Crippen molar-refractivity contribution in [2.45, 2.75) is 0 Å². The first-order valence-electron chi connectivity index (χ1n) is 3.17. The van der Waals surface area contributed by atoms with E-state index in [9.17, 15) is 0 Å². The topological polar surface area (TPSA) is 29.1 Å².